The van der Waals surface area contributed by atoms with Crippen LogP contribution in [0.2, 0.25) is 5.02 Å². The molecule has 15 heavy (non-hydrogen) atoms. The van der Waals surface area contributed by atoms with E-state index in [1.165, 1.54) is 7.11 Å². The van der Waals surface area contributed by atoms with Crippen LogP contribution in [0, 0.1) is 0 Å². The Morgan fingerprint density at radius 1 is 1.67 bits per heavy atom. The number of hydrogen-bond donors (Lipinski definition) is 0. The Bertz CT molecular complexity index is 424. The van der Waals surface area contributed by atoms with Gasteiger partial charge in [-0.15, -0.1) is 0 Å². The summed E-state index contributed by atoms with van der Waals surface area (Å²) in [6, 6.07) is 1.16. The first-order chi connectivity index (χ1) is 7.13. The van der Waals surface area contributed by atoms with E-state index < -0.39 is 6.04 Å². The first-order valence-corrected chi connectivity index (χ1v) is 4.99. The molecule has 1 aliphatic heterocycles. The van der Waals surface area contributed by atoms with Crippen molar-refractivity contribution >= 4 is 23.4 Å². The number of ether oxygens (including phenoxy) is 1. The van der Waals surface area contributed by atoms with Gasteiger partial charge in [-0.2, -0.15) is 0 Å². The van der Waals surface area contributed by atoms with E-state index >= 15 is 0 Å². The number of carbonyl (C=O) groups excluding carboxylic acids is 2. The predicted molar refractivity (Wildman–Crippen MR) is 54.1 cm³/mol. The molecule has 2 rings (SSSR count). The molecule has 1 aromatic rings. The lowest BCUT2D eigenvalue weighted by Gasteiger charge is -2.22. The first kappa shape index (κ1) is 10.2. The zero-order chi connectivity index (χ0) is 11.0. The largest absolute Gasteiger partial charge is 0.467 e. The van der Waals surface area contributed by atoms with Gasteiger partial charge < -0.3 is 9.30 Å². The van der Waals surface area contributed by atoms with E-state index in [0.717, 1.165) is 0 Å². The van der Waals surface area contributed by atoms with E-state index in [9.17, 15) is 9.59 Å². The van der Waals surface area contributed by atoms with Crippen LogP contribution in [0.15, 0.2) is 12.3 Å². The minimum atomic E-state index is -0.421. The molecule has 1 aliphatic rings. The lowest BCUT2D eigenvalue weighted by molar-refractivity contribution is -0.144. The van der Waals surface area contributed by atoms with Gasteiger partial charge in [0, 0.05) is 12.6 Å². The highest BCUT2D eigenvalue weighted by Gasteiger charge is 2.30. The zero-order valence-electron chi connectivity index (χ0n) is 8.20. The second kappa shape index (κ2) is 3.70. The number of nitrogens with zero attached hydrogens (tertiary/aromatic N) is 1. The van der Waals surface area contributed by atoms with Crippen LogP contribution in [0.3, 0.4) is 0 Å². The van der Waals surface area contributed by atoms with Gasteiger partial charge >= 0.3 is 5.97 Å². The van der Waals surface area contributed by atoms with Crippen molar-refractivity contribution < 1.29 is 14.3 Å². The fourth-order valence-corrected chi connectivity index (χ4v) is 2.04. The summed E-state index contributed by atoms with van der Waals surface area (Å²) in [7, 11) is 1.34. The van der Waals surface area contributed by atoms with Crippen LogP contribution in [-0.4, -0.2) is 23.4 Å². The molecule has 2 heterocycles. The molecule has 0 spiro atoms. The van der Waals surface area contributed by atoms with Crippen molar-refractivity contribution in [2.24, 2.45) is 0 Å². The number of hydrogen-bond acceptors (Lipinski definition) is 3. The first-order valence-electron chi connectivity index (χ1n) is 4.62. The SMILES string of the molecule is COC(=O)C1CCC(=O)c2cc(Cl)cn21. The Kier molecular flexibility index (Phi) is 2.52. The number of fused-ring (bicyclic) bond motifs is 1. The normalized spacial score (nSPS) is 19.9. The number of carbonyl (C=O) groups is 2. The molecular weight excluding hydrogens is 218 g/mol. The molecule has 0 N–H and O–H groups in total. The summed E-state index contributed by atoms with van der Waals surface area (Å²) in [5.74, 6) is -0.321. The number of esters is 1. The lowest BCUT2D eigenvalue weighted by Crippen LogP contribution is -2.28. The van der Waals surface area contributed by atoms with E-state index in [-0.39, 0.29) is 11.8 Å². The predicted octanol–water partition coefficient (Wildman–Crippen LogP) is 1.83. The van der Waals surface area contributed by atoms with Crippen LogP contribution in [0.5, 0.6) is 0 Å². The lowest BCUT2D eigenvalue weighted by atomic mass is 10.0. The summed E-state index contributed by atoms with van der Waals surface area (Å²) >= 11 is 5.80. The van der Waals surface area contributed by atoms with E-state index in [1.54, 1.807) is 16.8 Å². The molecular formula is C10H10ClNO3. The van der Waals surface area contributed by atoms with Crippen LogP contribution >= 0.6 is 11.6 Å². The molecule has 4 nitrogen and oxygen atoms in total. The van der Waals surface area contributed by atoms with Crippen LogP contribution in [0.1, 0.15) is 29.4 Å². The summed E-state index contributed by atoms with van der Waals surface area (Å²) in [5, 5.41) is 0.467. The van der Waals surface area contributed by atoms with Gasteiger partial charge in [-0.05, 0) is 12.5 Å². The molecule has 0 aliphatic carbocycles. The maximum absolute atomic E-state index is 11.5. The highest BCUT2D eigenvalue weighted by molar-refractivity contribution is 6.31. The third kappa shape index (κ3) is 1.65. The molecule has 1 aromatic heterocycles. The van der Waals surface area contributed by atoms with Gasteiger partial charge in [0.05, 0.1) is 17.8 Å². The average Bonchev–Trinajstić information content (AvgIpc) is 2.60. The Balaban J connectivity index is 2.44. The minimum absolute atomic E-state index is 0.0158. The second-order valence-electron chi connectivity index (χ2n) is 3.45. The van der Waals surface area contributed by atoms with Crippen molar-refractivity contribution in [3.05, 3.63) is 23.0 Å². The number of Topliss-reactive ketones (excluding diaryl/α,β-unsaturated/α-hetero) is 1. The van der Waals surface area contributed by atoms with Crippen LogP contribution in [0.25, 0.3) is 0 Å². The number of methoxy groups -OCH3 is 1. The van der Waals surface area contributed by atoms with Gasteiger partial charge in [0.2, 0.25) is 0 Å². The third-order valence-electron chi connectivity index (χ3n) is 2.55. The quantitative estimate of drug-likeness (QED) is 0.688. The van der Waals surface area contributed by atoms with E-state index in [0.29, 0.717) is 23.6 Å². The third-order valence-corrected chi connectivity index (χ3v) is 2.76. The van der Waals surface area contributed by atoms with Crippen LogP contribution in [-0.2, 0) is 9.53 Å². The van der Waals surface area contributed by atoms with Crippen LogP contribution < -0.4 is 0 Å². The van der Waals surface area contributed by atoms with Crippen molar-refractivity contribution in [1.82, 2.24) is 4.57 Å². The summed E-state index contributed by atoms with van der Waals surface area (Å²) in [5.41, 5.74) is 0.488. The smallest absolute Gasteiger partial charge is 0.328 e. The number of aromatic nitrogens is 1. The van der Waals surface area contributed by atoms with Crippen molar-refractivity contribution in [1.29, 1.82) is 0 Å². The standard InChI is InChI=1S/C10H10ClNO3/c1-15-10(14)7-2-3-9(13)8-4-6(11)5-12(7)8/h4-5,7H,2-3H2,1H3. The Morgan fingerprint density at radius 3 is 3.07 bits per heavy atom. The molecule has 5 heteroatoms. The fourth-order valence-electron chi connectivity index (χ4n) is 1.83. The molecule has 0 fully saturated rings. The molecule has 1 unspecified atom stereocenters. The maximum Gasteiger partial charge on any atom is 0.328 e. The molecule has 1 atom stereocenters. The fraction of sp³-hybridized carbons (Fsp3) is 0.400. The van der Waals surface area contributed by atoms with Gasteiger partial charge in [-0.3, -0.25) is 4.79 Å². The summed E-state index contributed by atoms with van der Waals surface area (Å²) in [6.07, 6.45) is 2.43. The van der Waals surface area contributed by atoms with Gasteiger partial charge in [0.1, 0.15) is 6.04 Å². The Hall–Kier alpha value is -1.29. The number of rotatable bonds is 1. The molecule has 0 amide bonds. The van der Waals surface area contributed by atoms with Crippen molar-refractivity contribution in [3.63, 3.8) is 0 Å². The Morgan fingerprint density at radius 2 is 2.40 bits per heavy atom. The van der Waals surface area contributed by atoms with Gasteiger partial charge in [0.25, 0.3) is 0 Å². The van der Waals surface area contributed by atoms with Gasteiger partial charge in [0.15, 0.2) is 5.78 Å². The topological polar surface area (TPSA) is 48.3 Å². The van der Waals surface area contributed by atoms with Crippen molar-refractivity contribution in [3.8, 4) is 0 Å². The van der Waals surface area contributed by atoms with Crippen LogP contribution in [0.4, 0.5) is 0 Å². The molecule has 0 saturated carbocycles. The number of ketones is 1. The van der Waals surface area contributed by atoms with E-state index in [1.807, 2.05) is 0 Å². The molecule has 0 aromatic carbocycles. The summed E-state index contributed by atoms with van der Waals surface area (Å²) in [6.45, 7) is 0. The number of halogens is 1. The minimum Gasteiger partial charge on any atom is -0.467 e. The molecule has 0 saturated heterocycles. The maximum atomic E-state index is 11.5. The zero-order valence-corrected chi connectivity index (χ0v) is 8.95. The summed E-state index contributed by atoms with van der Waals surface area (Å²) in [4.78, 5) is 23.0. The van der Waals surface area contributed by atoms with Crippen molar-refractivity contribution in [2.75, 3.05) is 7.11 Å². The van der Waals surface area contributed by atoms with E-state index in [2.05, 4.69) is 4.74 Å². The summed E-state index contributed by atoms with van der Waals surface area (Å²) < 4.78 is 6.27. The average molecular weight is 228 g/mol. The molecule has 0 bridgehead atoms. The molecule has 80 valence electrons. The second-order valence-corrected chi connectivity index (χ2v) is 3.89. The van der Waals surface area contributed by atoms with Gasteiger partial charge in [-0.25, -0.2) is 4.79 Å². The highest BCUT2D eigenvalue weighted by atomic mass is 35.5. The van der Waals surface area contributed by atoms with Gasteiger partial charge in [-0.1, -0.05) is 11.6 Å². The monoisotopic (exact) mass is 227 g/mol. The highest BCUT2D eigenvalue weighted by Crippen LogP contribution is 2.29. The van der Waals surface area contributed by atoms with E-state index in [4.69, 9.17) is 11.6 Å². The Labute approximate surface area is 91.8 Å². The molecule has 0 radical (unpaired) electrons. The van der Waals surface area contributed by atoms with Crippen molar-refractivity contribution in [2.45, 2.75) is 18.9 Å².